The fourth-order valence-corrected chi connectivity index (χ4v) is 2.93. The van der Waals surface area contributed by atoms with E-state index in [0.717, 1.165) is 15.8 Å². The van der Waals surface area contributed by atoms with Gasteiger partial charge in [-0.1, -0.05) is 29.8 Å². The molecule has 3 rings (SSSR count). The number of esters is 1. The van der Waals surface area contributed by atoms with Crippen LogP contribution >= 0.6 is 11.3 Å². The highest BCUT2D eigenvalue weighted by Crippen LogP contribution is 2.20. The zero-order chi connectivity index (χ0) is 16.4. The normalized spacial score (nSPS) is 12.1. The van der Waals surface area contributed by atoms with E-state index in [1.807, 2.05) is 19.1 Å². The molecule has 0 spiro atoms. The number of ketones is 1. The molecule has 2 aromatic carbocycles. The molecule has 0 N–H and O–H groups in total. The Kier molecular flexibility index (Phi) is 4.21. The molecule has 0 radical (unpaired) electrons. The maximum atomic E-state index is 12.3. The lowest BCUT2D eigenvalue weighted by molar-refractivity contribution is 0.0319. The monoisotopic (exact) mass is 325 g/mol. The Morgan fingerprint density at radius 3 is 2.52 bits per heavy atom. The summed E-state index contributed by atoms with van der Waals surface area (Å²) in [7, 11) is 0. The lowest BCUT2D eigenvalue weighted by atomic mass is 10.1. The predicted octanol–water partition coefficient (Wildman–Crippen LogP) is 4.03. The smallest absolute Gasteiger partial charge is 0.338 e. The lowest BCUT2D eigenvalue weighted by Crippen LogP contribution is -2.24. The third kappa shape index (κ3) is 3.29. The second kappa shape index (κ2) is 6.30. The van der Waals surface area contributed by atoms with Gasteiger partial charge < -0.3 is 4.74 Å². The van der Waals surface area contributed by atoms with Gasteiger partial charge in [-0.15, -0.1) is 11.3 Å². The molecule has 5 heteroatoms. The van der Waals surface area contributed by atoms with Crippen LogP contribution < -0.4 is 0 Å². The zero-order valence-electron chi connectivity index (χ0n) is 12.8. The van der Waals surface area contributed by atoms with Crippen molar-refractivity contribution in [3.63, 3.8) is 0 Å². The van der Waals surface area contributed by atoms with Crippen molar-refractivity contribution < 1.29 is 14.3 Å². The molecule has 1 atom stereocenters. The van der Waals surface area contributed by atoms with Crippen LogP contribution in [0.15, 0.2) is 48.0 Å². The summed E-state index contributed by atoms with van der Waals surface area (Å²) >= 11 is 1.46. The second-order valence-corrected chi connectivity index (χ2v) is 6.20. The van der Waals surface area contributed by atoms with Crippen LogP contribution in [0.1, 0.15) is 33.2 Å². The van der Waals surface area contributed by atoms with E-state index < -0.39 is 12.1 Å². The van der Waals surface area contributed by atoms with Crippen molar-refractivity contribution in [3.8, 4) is 0 Å². The summed E-state index contributed by atoms with van der Waals surface area (Å²) in [5.41, 5.74) is 4.60. The number of aromatic nitrogens is 1. The van der Waals surface area contributed by atoms with Crippen molar-refractivity contribution in [2.24, 2.45) is 0 Å². The highest BCUT2D eigenvalue weighted by Gasteiger charge is 2.20. The average molecular weight is 325 g/mol. The molecule has 0 bridgehead atoms. The van der Waals surface area contributed by atoms with E-state index in [1.54, 1.807) is 42.8 Å². The van der Waals surface area contributed by atoms with Crippen LogP contribution in [0.3, 0.4) is 0 Å². The number of Topliss-reactive ketones (excluding diaryl/α,β-unsaturated/α-hetero) is 1. The van der Waals surface area contributed by atoms with Crippen LogP contribution in [0.25, 0.3) is 10.2 Å². The molecular weight excluding hydrogens is 310 g/mol. The number of hydrogen-bond acceptors (Lipinski definition) is 5. The molecule has 0 aliphatic carbocycles. The molecule has 116 valence electrons. The molecule has 0 saturated heterocycles. The summed E-state index contributed by atoms with van der Waals surface area (Å²) in [4.78, 5) is 28.7. The van der Waals surface area contributed by atoms with Crippen molar-refractivity contribution in [2.75, 3.05) is 0 Å². The highest BCUT2D eigenvalue weighted by molar-refractivity contribution is 7.16. The maximum Gasteiger partial charge on any atom is 0.338 e. The Hall–Kier alpha value is -2.53. The number of benzene rings is 2. The van der Waals surface area contributed by atoms with Gasteiger partial charge in [0.25, 0.3) is 0 Å². The SMILES string of the molecule is Cc1ccc(C(=O)C(C)OC(=O)c2ccc3ncsc3c2)cc1. The third-order valence-corrected chi connectivity index (χ3v) is 4.35. The Labute approximate surface area is 137 Å². The number of nitrogens with zero attached hydrogens (tertiary/aromatic N) is 1. The Morgan fingerprint density at radius 1 is 1.09 bits per heavy atom. The second-order valence-electron chi connectivity index (χ2n) is 5.31. The van der Waals surface area contributed by atoms with Gasteiger partial charge in [0.15, 0.2) is 6.10 Å². The van der Waals surface area contributed by atoms with Gasteiger partial charge >= 0.3 is 5.97 Å². The van der Waals surface area contributed by atoms with Gasteiger partial charge in [-0.3, -0.25) is 4.79 Å². The Balaban J connectivity index is 1.73. The largest absolute Gasteiger partial charge is 0.451 e. The number of hydrogen-bond donors (Lipinski definition) is 0. The minimum atomic E-state index is -0.831. The fraction of sp³-hybridized carbons (Fsp3) is 0.167. The molecule has 4 nitrogen and oxygen atoms in total. The molecule has 1 unspecified atom stereocenters. The minimum Gasteiger partial charge on any atom is -0.451 e. The van der Waals surface area contributed by atoms with Crippen LogP contribution in [0.2, 0.25) is 0 Å². The molecule has 3 aromatic rings. The van der Waals surface area contributed by atoms with Gasteiger partial charge in [0, 0.05) is 5.56 Å². The maximum absolute atomic E-state index is 12.3. The van der Waals surface area contributed by atoms with Crippen LogP contribution in [-0.2, 0) is 4.74 Å². The van der Waals surface area contributed by atoms with Gasteiger partial charge in [0.2, 0.25) is 5.78 Å². The first-order chi connectivity index (χ1) is 11.0. The first-order valence-corrected chi connectivity index (χ1v) is 8.07. The number of rotatable bonds is 4. The number of carbonyl (C=O) groups excluding carboxylic acids is 2. The van der Waals surface area contributed by atoms with Crippen molar-refractivity contribution >= 4 is 33.3 Å². The molecule has 1 aromatic heterocycles. The molecule has 0 aliphatic rings. The van der Waals surface area contributed by atoms with E-state index in [0.29, 0.717) is 11.1 Å². The minimum absolute atomic E-state index is 0.211. The van der Waals surface area contributed by atoms with E-state index >= 15 is 0 Å². The standard InChI is InChI=1S/C18H15NO3S/c1-11-3-5-13(6-4-11)17(20)12(2)22-18(21)14-7-8-15-16(9-14)23-10-19-15/h3-10,12H,1-2H3. The number of fused-ring (bicyclic) bond motifs is 1. The summed E-state index contributed by atoms with van der Waals surface area (Å²) < 4.78 is 6.22. The van der Waals surface area contributed by atoms with Crippen molar-refractivity contribution in [2.45, 2.75) is 20.0 Å². The highest BCUT2D eigenvalue weighted by atomic mass is 32.1. The van der Waals surface area contributed by atoms with Gasteiger partial charge in [0.1, 0.15) is 0 Å². The molecule has 0 amide bonds. The van der Waals surface area contributed by atoms with Gasteiger partial charge in [0.05, 0.1) is 21.3 Å². The number of aryl methyl sites for hydroxylation is 1. The van der Waals surface area contributed by atoms with Crippen LogP contribution in [0.5, 0.6) is 0 Å². The van der Waals surface area contributed by atoms with Crippen molar-refractivity contribution in [3.05, 3.63) is 64.7 Å². The van der Waals surface area contributed by atoms with E-state index in [9.17, 15) is 9.59 Å². The molecule has 0 fully saturated rings. The van der Waals surface area contributed by atoms with E-state index in [-0.39, 0.29) is 5.78 Å². The van der Waals surface area contributed by atoms with Crippen molar-refractivity contribution in [1.82, 2.24) is 4.98 Å². The van der Waals surface area contributed by atoms with Gasteiger partial charge in [-0.05, 0) is 32.0 Å². The van der Waals surface area contributed by atoms with E-state index in [4.69, 9.17) is 4.74 Å². The summed E-state index contributed by atoms with van der Waals surface area (Å²) in [6.45, 7) is 3.54. The van der Waals surface area contributed by atoms with Crippen LogP contribution in [0.4, 0.5) is 0 Å². The quantitative estimate of drug-likeness (QED) is 0.537. The topological polar surface area (TPSA) is 56.3 Å². The summed E-state index contributed by atoms with van der Waals surface area (Å²) in [5, 5.41) is 0. The molecular formula is C18H15NO3S. The molecule has 0 aliphatic heterocycles. The third-order valence-electron chi connectivity index (χ3n) is 3.56. The zero-order valence-corrected chi connectivity index (χ0v) is 13.6. The summed E-state index contributed by atoms with van der Waals surface area (Å²) in [6.07, 6.45) is -0.831. The first kappa shape index (κ1) is 15.4. The van der Waals surface area contributed by atoms with E-state index in [1.165, 1.54) is 11.3 Å². The van der Waals surface area contributed by atoms with Crippen molar-refractivity contribution in [1.29, 1.82) is 0 Å². The Bertz CT molecular complexity index is 867. The molecule has 1 heterocycles. The van der Waals surface area contributed by atoms with Gasteiger partial charge in [-0.25, -0.2) is 9.78 Å². The van der Waals surface area contributed by atoms with Gasteiger partial charge in [-0.2, -0.15) is 0 Å². The molecule has 23 heavy (non-hydrogen) atoms. The van der Waals surface area contributed by atoms with E-state index in [2.05, 4.69) is 4.98 Å². The predicted molar refractivity (Wildman–Crippen MR) is 90.0 cm³/mol. The lowest BCUT2D eigenvalue weighted by Gasteiger charge is -2.12. The fourth-order valence-electron chi connectivity index (χ4n) is 2.22. The number of thiazole rings is 1. The molecule has 0 saturated carbocycles. The van der Waals surface area contributed by atoms with Crippen LogP contribution in [-0.4, -0.2) is 22.8 Å². The van der Waals surface area contributed by atoms with Crippen LogP contribution in [0, 0.1) is 6.92 Å². The number of ether oxygens (including phenoxy) is 1. The first-order valence-electron chi connectivity index (χ1n) is 7.20. The Morgan fingerprint density at radius 2 is 1.78 bits per heavy atom. The summed E-state index contributed by atoms with van der Waals surface area (Å²) in [5.74, 6) is -0.717. The average Bonchev–Trinajstić information content (AvgIpc) is 3.02. The summed E-state index contributed by atoms with van der Waals surface area (Å²) in [6, 6.07) is 12.4. The number of carbonyl (C=O) groups is 2.